The van der Waals surface area contributed by atoms with Crippen LogP contribution in [0.1, 0.15) is 11.3 Å². The number of nitriles is 1. The van der Waals surface area contributed by atoms with Gasteiger partial charge in [-0.3, -0.25) is 0 Å². The maximum absolute atomic E-state index is 9.12. The predicted molar refractivity (Wildman–Crippen MR) is 78.5 cm³/mol. The summed E-state index contributed by atoms with van der Waals surface area (Å²) in [6, 6.07) is 9.43. The molecule has 1 aromatic heterocycles. The third-order valence-electron chi connectivity index (χ3n) is 2.44. The monoisotopic (exact) mass is 317 g/mol. The molecule has 5 nitrogen and oxygen atoms in total. The molecule has 0 aliphatic heterocycles. The average Bonchev–Trinajstić information content (AvgIpc) is 2.40. The van der Waals surface area contributed by atoms with E-state index >= 15 is 0 Å². The van der Waals surface area contributed by atoms with Crippen molar-refractivity contribution in [1.82, 2.24) is 9.97 Å². The summed E-state index contributed by atoms with van der Waals surface area (Å²) in [6.45, 7) is 1.89. The van der Waals surface area contributed by atoms with Gasteiger partial charge in [0.15, 0.2) is 0 Å². The van der Waals surface area contributed by atoms with Crippen LogP contribution in [0.2, 0.25) is 0 Å². The van der Waals surface area contributed by atoms with Crippen molar-refractivity contribution in [3.05, 3.63) is 40.0 Å². The van der Waals surface area contributed by atoms with Gasteiger partial charge in [-0.15, -0.1) is 0 Å². The Labute approximate surface area is 119 Å². The molecule has 2 N–H and O–H groups in total. The van der Waals surface area contributed by atoms with E-state index in [1.807, 2.05) is 25.1 Å². The third kappa shape index (κ3) is 3.20. The summed E-state index contributed by atoms with van der Waals surface area (Å²) in [5.74, 6) is 1.19. The van der Waals surface area contributed by atoms with E-state index in [0.29, 0.717) is 23.0 Å². The van der Waals surface area contributed by atoms with Crippen LogP contribution in [-0.2, 0) is 0 Å². The van der Waals surface area contributed by atoms with Gasteiger partial charge in [0.25, 0.3) is 0 Å². The molecule has 0 saturated heterocycles. The molecule has 0 saturated carbocycles. The number of anilines is 3. The minimum Gasteiger partial charge on any atom is -0.357 e. The van der Waals surface area contributed by atoms with E-state index in [0.717, 1.165) is 10.2 Å². The highest BCUT2D eigenvalue weighted by Gasteiger charge is 2.06. The summed E-state index contributed by atoms with van der Waals surface area (Å²) in [5, 5.41) is 15.1. The van der Waals surface area contributed by atoms with Crippen molar-refractivity contribution in [1.29, 1.82) is 5.26 Å². The lowest BCUT2D eigenvalue weighted by atomic mass is 10.2. The predicted octanol–water partition coefficient (Wildman–Crippen LogP) is 3.20. The number of nitrogens with one attached hydrogen (secondary N) is 2. The van der Waals surface area contributed by atoms with E-state index in [2.05, 4.69) is 42.6 Å². The molecule has 0 atom stereocenters. The van der Waals surface area contributed by atoms with Crippen molar-refractivity contribution in [2.24, 2.45) is 0 Å². The van der Waals surface area contributed by atoms with Crippen LogP contribution in [0.5, 0.6) is 0 Å². The fourth-order valence-corrected chi connectivity index (χ4v) is 1.96. The largest absolute Gasteiger partial charge is 0.357 e. The standard InChI is InChI=1S/C13H12BrN5/c1-8-5-12(19-13(16-2)17-8)18-11-4-3-10(14)6-9(11)7-15/h3-6H,1-2H3,(H2,16,17,18,19). The zero-order valence-corrected chi connectivity index (χ0v) is 12.1. The van der Waals surface area contributed by atoms with Gasteiger partial charge < -0.3 is 10.6 Å². The molecule has 0 spiro atoms. The summed E-state index contributed by atoms with van der Waals surface area (Å²) in [6.07, 6.45) is 0. The molecule has 19 heavy (non-hydrogen) atoms. The molecule has 0 aliphatic carbocycles. The lowest BCUT2D eigenvalue weighted by Gasteiger charge is -2.09. The Kier molecular flexibility index (Phi) is 3.97. The summed E-state index contributed by atoms with van der Waals surface area (Å²) in [4.78, 5) is 8.51. The lowest BCUT2D eigenvalue weighted by molar-refractivity contribution is 1.10. The molecular formula is C13H12BrN5. The second kappa shape index (κ2) is 5.67. The highest BCUT2D eigenvalue weighted by molar-refractivity contribution is 9.10. The van der Waals surface area contributed by atoms with E-state index in [1.54, 1.807) is 13.1 Å². The molecule has 96 valence electrons. The molecule has 0 bridgehead atoms. The van der Waals surface area contributed by atoms with Crippen LogP contribution in [0.4, 0.5) is 17.5 Å². The third-order valence-corrected chi connectivity index (χ3v) is 2.94. The van der Waals surface area contributed by atoms with E-state index < -0.39 is 0 Å². The van der Waals surface area contributed by atoms with Gasteiger partial charge in [0.05, 0.1) is 11.3 Å². The first-order valence-corrected chi connectivity index (χ1v) is 6.42. The minimum absolute atomic E-state index is 0.540. The Hall–Kier alpha value is -2.13. The van der Waals surface area contributed by atoms with Crippen molar-refractivity contribution in [2.45, 2.75) is 6.92 Å². The van der Waals surface area contributed by atoms with Crippen molar-refractivity contribution < 1.29 is 0 Å². The van der Waals surface area contributed by atoms with Crippen LogP contribution in [0.25, 0.3) is 0 Å². The van der Waals surface area contributed by atoms with Crippen LogP contribution in [0.15, 0.2) is 28.7 Å². The zero-order valence-electron chi connectivity index (χ0n) is 10.5. The maximum atomic E-state index is 9.12. The first-order chi connectivity index (χ1) is 9.12. The summed E-state index contributed by atoms with van der Waals surface area (Å²) in [5.41, 5.74) is 2.11. The van der Waals surface area contributed by atoms with E-state index in [9.17, 15) is 0 Å². The second-order valence-electron chi connectivity index (χ2n) is 3.89. The van der Waals surface area contributed by atoms with Crippen molar-refractivity contribution in [3.8, 4) is 6.07 Å². The fourth-order valence-electron chi connectivity index (χ4n) is 1.60. The number of rotatable bonds is 3. The van der Waals surface area contributed by atoms with Gasteiger partial charge in [-0.2, -0.15) is 10.2 Å². The summed E-state index contributed by atoms with van der Waals surface area (Å²) < 4.78 is 0.865. The first-order valence-electron chi connectivity index (χ1n) is 5.62. The van der Waals surface area contributed by atoms with Gasteiger partial charge >= 0.3 is 0 Å². The van der Waals surface area contributed by atoms with Crippen LogP contribution >= 0.6 is 15.9 Å². The number of hydrogen-bond donors (Lipinski definition) is 2. The molecular weight excluding hydrogens is 306 g/mol. The number of benzene rings is 1. The lowest BCUT2D eigenvalue weighted by Crippen LogP contribution is -2.02. The first kappa shape index (κ1) is 13.3. The van der Waals surface area contributed by atoms with E-state index in [-0.39, 0.29) is 0 Å². The SMILES string of the molecule is CNc1nc(C)cc(Nc2ccc(Br)cc2C#N)n1. The second-order valence-corrected chi connectivity index (χ2v) is 4.81. The Morgan fingerprint density at radius 1 is 1.26 bits per heavy atom. The van der Waals surface area contributed by atoms with Gasteiger partial charge in [0.1, 0.15) is 11.9 Å². The highest BCUT2D eigenvalue weighted by Crippen LogP contribution is 2.23. The van der Waals surface area contributed by atoms with Crippen molar-refractivity contribution in [3.63, 3.8) is 0 Å². The molecule has 6 heteroatoms. The number of aromatic nitrogens is 2. The van der Waals surface area contributed by atoms with Gasteiger partial charge in [-0.1, -0.05) is 15.9 Å². The van der Waals surface area contributed by atoms with Crippen LogP contribution in [0, 0.1) is 18.3 Å². The van der Waals surface area contributed by atoms with Gasteiger partial charge in [-0.05, 0) is 25.1 Å². The van der Waals surface area contributed by atoms with Crippen LogP contribution < -0.4 is 10.6 Å². The normalized spacial score (nSPS) is 9.79. The smallest absolute Gasteiger partial charge is 0.224 e. The molecule has 0 unspecified atom stereocenters. The number of aryl methyl sites for hydroxylation is 1. The molecule has 0 fully saturated rings. The molecule has 1 aromatic carbocycles. The number of nitrogens with zero attached hydrogens (tertiary/aromatic N) is 3. The zero-order chi connectivity index (χ0) is 13.8. The van der Waals surface area contributed by atoms with Gasteiger partial charge in [0, 0.05) is 23.3 Å². The average molecular weight is 318 g/mol. The molecule has 2 aromatic rings. The molecule has 2 rings (SSSR count). The van der Waals surface area contributed by atoms with E-state index in [1.165, 1.54) is 0 Å². The molecule has 0 aliphatic rings. The molecule has 0 amide bonds. The maximum Gasteiger partial charge on any atom is 0.224 e. The number of halogens is 1. The quantitative estimate of drug-likeness (QED) is 0.909. The Balaban J connectivity index is 2.36. The summed E-state index contributed by atoms with van der Waals surface area (Å²) >= 11 is 3.34. The highest BCUT2D eigenvalue weighted by atomic mass is 79.9. The van der Waals surface area contributed by atoms with Crippen molar-refractivity contribution in [2.75, 3.05) is 17.7 Å². The fraction of sp³-hybridized carbons (Fsp3) is 0.154. The summed E-state index contributed by atoms with van der Waals surface area (Å²) in [7, 11) is 1.76. The molecule has 0 radical (unpaired) electrons. The van der Waals surface area contributed by atoms with Gasteiger partial charge in [-0.25, -0.2) is 4.98 Å². The minimum atomic E-state index is 0.540. The van der Waals surface area contributed by atoms with E-state index in [4.69, 9.17) is 5.26 Å². The van der Waals surface area contributed by atoms with Gasteiger partial charge in [0.2, 0.25) is 5.95 Å². The topological polar surface area (TPSA) is 73.6 Å². The molecule has 1 heterocycles. The van der Waals surface area contributed by atoms with Crippen LogP contribution in [-0.4, -0.2) is 17.0 Å². The van der Waals surface area contributed by atoms with Crippen molar-refractivity contribution >= 4 is 33.4 Å². The number of hydrogen-bond acceptors (Lipinski definition) is 5. The Morgan fingerprint density at radius 2 is 2.05 bits per heavy atom. The Morgan fingerprint density at radius 3 is 2.74 bits per heavy atom. The van der Waals surface area contributed by atoms with Crippen LogP contribution in [0.3, 0.4) is 0 Å². The Bertz CT molecular complexity index is 648.